The van der Waals surface area contributed by atoms with E-state index < -0.39 is 0 Å². The van der Waals surface area contributed by atoms with Crippen LogP contribution < -0.4 is 16.2 Å². The van der Waals surface area contributed by atoms with Gasteiger partial charge in [0.05, 0.1) is 0 Å². The summed E-state index contributed by atoms with van der Waals surface area (Å²) in [5.74, 6) is 2.75. The fourth-order valence-corrected chi connectivity index (χ4v) is 5.07. The molecule has 2 amide bonds. The van der Waals surface area contributed by atoms with Gasteiger partial charge in [-0.3, -0.25) is 10.1 Å². The Morgan fingerprint density at radius 1 is 1.14 bits per heavy atom. The first-order valence-electron chi connectivity index (χ1n) is 7.75. The van der Waals surface area contributed by atoms with Gasteiger partial charge in [-0.05, 0) is 62.3 Å². The molecule has 4 aliphatic rings. The number of nitrogens with zero attached hydrogens (tertiary/aromatic N) is 1. The summed E-state index contributed by atoms with van der Waals surface area (Å²) in [6.07, 6.45) is 7.40. The highest BCUT2D eigenvalue weighted by Gasteiger charge is 2.51. The summed E-state index contributed by atoms with van der Waals surface area (Å²) in [6, 6.07) is 2.65. The van der Waals surface area contributed by atoms with Crippen molar-refractivity contribution >= 4 is 11.8 Å². The van der Waals surface area contributed by atoms with E-state index in [1.54, 1.807) is 0 Å². The Morgan fingerprint density at radius 2 is 1.76 bits per heavy atom. The van der Waals surface area contributed by atoms with Crippen LogP contribution in [-0.4, -0.2) is 21.8 Å². The molecule has 4 fully saturated rings. The van der Waals surface area contributed by atoms with Gasteiger partial charge in [0.2, 0.25) is 0 Å². The molecule has 6 heteroatoms. The molecule has 5 rings (SSSR count). The Balaban J connectivity index is 1.44. The van der Waals surface area contributed by atoms with Gasteiger partial charge in [0.15, 0.2) is 5.82 Å². The SMILES string of the molecule is O=C(Nc1ccc(=O)[nH]n1)NC12CC3CC(CC(C3)C1)C2. The Hall–Kier alpha value is -1.85. The molecule has 112 valence electrons. The molecule has 1 aromatic heterocycles. The van der Waals surface area contributed by atoms with Crippen molar-refractivity contribution in [3.8, 4) is 0 Å². The van der Waals surface area contributed by atoms with Gasteiger partial charge in [0.25, 0.3) is 5.56 Å². The monoisotopic (exact) mass is 288 g/mol. The number of anilines is 1. The van der Waals surface area contributed by atoms with Crippen LogP contribution in [0.3, 0.4) is 0 Å². The number of aromatic nitrogens is 2. The molecule has 21 heavy (non-hydrogen) atoms. The summed E-state index contributed by atoms with van der Waals surface area (Å²) >= 11 is 0. The smallest absolute Gasteiger partial charge is 0.320 e. The lowest BCUT2D eigenvalue weighted by Gasteiger charge is -2.56. The third-order valence-electron chi connectivity index (χ3n) is 5.34. The van der Waals surface area contributed by atoms with Crippen LogP contribution in [0.1, 0.15) is 38.5 Å². The highest BCUT2D eigenvalue weighted by atomic mass is 16.2. The summed E-state index contributed by atoms with van der Waals surface area (Å²) in [5, 5.41) is 12.0. The van der Waals surface area contributed by atoms with Crippen LogP contribution in [0.4, 0.5) is 10.6 Å². The van der Waals surface area contributed by atoms with Crippen LogP contribution >= 0.6 is 0 Å². The number of urea groups is 1. The summed E-state index contributed by atoms with van der Waals surface area (Å²) in [7, 11) is 0. The minimum Gasteiger partial charge on any atom is -0.332 e. The third-order valence-corrected chi connectivity index (χ3v) is 5.34. The number of nitrogens with one attached hydrogen (secondary N) is 3. The van der Waals surface area contributed by atoms with Crippen molar-refractivity contribution in [2.75, 3.05) is 5.32 Å². The summed E-state index contributed by atoms with van der Waals surface area (Å²) < 4.78 is 0. The lowest BCUT2D eigenvalue weighted by molar-refractivity contribution is -0.0127. The molecular weight excluding hydrogens is 268 g/mol. The molecule has 1 heterocycles. The molecule has 0 aromatic carbocycles. The molecule has 0 unspecified atom stereocenters. The standard InChI is InChI=1S/C15H20N4O2/c20-13-2-1-12(18-19-13)16-14(21)17-15-6-9-3-10(7-15)5-11(4-9)8-15/h1-2,9-11H,3-8H2,(H,19,20)(H2,16,17,18,21). The minimum atomic E-state index is -0.276. The summed E-state index contributed by atoms with van der Waals surface area (Å²) in [5.41, 5.74) is -0.289. The molecule has 1 aromatic rings. The number of hydrogen-bond donors (Lipinski definition) is 3. The van der Waals surface area contributed by atoms with Crippen LogP contribution in [0.2, 0.25) is 0 Å². The molecule has 4 saturated carbocycles. The largest absolute Gasteiger partial charge is 0.332 e. The highest BCUT2D eigenvalue weighted by Crippen LogP contribution is 2.55. The molecule has 3 N–H and O–H groups in total. The third kappa shape index (κ3) is 2.43. The second-order valence-electron chi connectivity index (χ2n) is 7.08. The fourth-order valence-electron chi connectivity index (χ4n) is 5.07. The quantitative estimate of drug-likeness (QED) is 0.776. The van der Waals surface area contributed by atoms with Crippen LogP contribution in [0.25, 0.3) is 0 Å². The highest BCUT2D eigenvalue weighted by molar-refractivity contribution is 5.88. The van der Waals surface area contributed by atoms with Crippen molar-refractivity contribution in [3.63, 3.8) is 0 Å². The lowest BCUT2D eigenvalue weighted by atomic mass is 9.53. The van der Waals surface area contributed by atoms with Gasteiger partial charge in [-0.1, -0.05) is 0 Å². The van der Waals surface area contributed by atoms with Crippen molar-refractivity contribution < 1.29 is 4.79 Å². The molecule has 0 aliphatic heterocycles. The Morgan fingerprint density at radius 3 is 2.29 bits per heavy atom. The van der Waals surface area contributed by atoms with Gasteiger partial charge >= 0.3 is 6.03 Å². The van der Waals surface area contributed by atoms with Gasteiger partial charge in [0, 0.05) is 11.6 Å². The van der Waals surface area contributed by atoms with Gasteiger partial charge < -0.3 is 5.32 Å². The van der Waals surface area contributed by atoms with E-state index in [4.69, 9.17) is 0 Å². The lowest BCUT2D eigenvalue weighted by Crippen LogP contribution is -2.60. The van der Waals surface area contributed by atoms with Gasteiger partial charge in [-0.15, -0.1) is 0 Å². The average Bonchev–Trinajstić information content (AvgIpc) is 2.39. The molecular formula is C15H20N4O2. The number of hydrogen-bond acceptors (Lipinski definition) is 3. The van der Waals surface area contributed by atoms with Crippen molar-refractivity contribution in [1.29, 1.82) is 0 Å². The maximum absolute atomic E-state index is 12.2. The van der Waals surface area contributed by atoms with Crippen molar-refractivity contribution in [3.05, 3.63) is 22.5 Å². The van der Waals surface area contributed by atoms with Crippen LogP contribution in [0, 0.1) is 17.8 Å². The number of aromatic amines is 1. The van der Waals surface area contributed by atoms with E-state index in [0.717, 1.165) is 37.0 Å². The maximum atomic E-state index is 12.2. The van der Waals surface area contributed by atoms with Crippen molar-refractivity contribution in [2.45, 2.75) is 44.1 Å². The van der Waals surface area contributed by atoms with E-state index in [9.17, 15) is 9.59 Å². The zero-order valence-electron chi connectivity index (χ0n) is 11.9. The van der Waals surface area contributed by atoms with Crippen LogP contribution in [0.15, 0.2) is 16.9 Å². The summed E-state index contributed by atoms with van der Waals surface area (Å²) in [6.45, 7) is 0. The summed E-state index contributed by atoms with van der Waals surface area (Å²) in [4.78, 5) is 23.2. The maximum Gasteiger partial charge on any atom is 0.320 e. The Bertz CT molecular complexity index is 569. The predicted molar refractivity (Wildman–Crippen MR) is 77.9 cm³/mol. The van der Waals surface area contributed by atoms with E-state index in [-0.39, 0.29) is 17.1 Å². The van der Waals surface area contributed by atoms with E-state index >= 15 is 0 Å². The number of amides is 2. The molecule has 0 spiro atoms. The van der Waals surface area contributed by atoms with E-state index in [0.29, 0.717) is 5.82 Å². The second-order valence-corrected chi connectivity index (χ2v) is 7.08. The topological polar surface area (TPSA) is 86.9 Å². The zero-order valence-corrected chi connectivity index (χ0v) is 11.9. The number of carbonyl (C=O) groups is 1. The Kier molecular flexibility index (Phi) is 2.80. The van der Waals surface area contributed by atoms with E-state index in [1.165, 1.54) is 31.4 Å². The first-order chi connectivity index (χ1) is 10.1. The van der Waals surface area contributed by atoms with Gasteiger partial charge in [-0.25, -0.2) is 9.89 Å². The first-order valence-corrected chi connectivity index (χ1v) is 7.75. The predicted octanol–water partition coefficient (Wildman–Crippen LogP) is 1.86. The molecule has 0 saturated heterocycles. The zero-order chi connectivity index (χ0) is 14.4. The number of carbonyl (C=O) groups excluding carboxylic acids is 1. The second kappa shape index (κ2) is 4.58. The molecule has 6 nitrogen and oxygen atoms in total. The average molecular weight is 288 g/mol. The molecule has 4 aliphatic carbocycles. The number of rotatable bonds is 2. The molecule has 4 bridgehead atoms. The van der Waals surface area contributed by atoms with E-state index in [2.05, 4.69) is 20.8 Å². The first kappa shape index (κ1) is 12.9. The molecule has 0 radical (unpaired) electrons. The van der Waals surface area contributed by atoms with Crippen molar-refractivity contribution in [1.82, 2.24) is 15.5 Å². The van der Waals surface area contributed by atoms with Crippen LogP contribution in [0.5, 0.6) is 0 Å². The molecule has 0 atom stereocenters. The normalized spacial score (nSPS) is 36.5. The fraction of sp³-hybridized carbons (Fsp3) is 0.667. The van der Waals surface area contributed by atoms with Gasteiger partial charge in [0.1, 0.15) is 0 Å². The van der Waals surface area contributed by atoms with E-state index in [1.807, 2.05) is 0 Å². The minimum absolute atomic E-state index is 0.0129. The van der Waals surface area contributed by atoms with Gasteiger partial charge in [-0.2, -0.15) is 5.10 Å². The Labute approximate surface area is 122 Å². The van der Waals surface area contributed by atoms with Crippen molar-refractivity contribution in [2.24, 2.45) is 17.8 Å². The van der Waals surface area contributed by atoms with Crippen LogP contribution in [-0.2, 0) is 0 Å². The number of H-pyrrole nitrogens is 1.